The van der Waals surface area contributed by atoms with E-state index in [2.05, 4.69) is 5.32 Å². The van der Waals surface area contributed by atoms with Crippen LogP contribution in [-0.4, -0.2) is 65.5 Å². The molecule has 1 fully saturated rings. The molecule has 14 heteroatoms. The smallest absolute Gasteiger partial charge is 0.341 e. The molecule has 1 saturated heterocycles. The lowest BCUT2D eigenvalue weighted by atomic mass is 10.0. The van der Waals surface area contributed by atoms with Crippen LogP contribution in [0.5, 0.6) is 0 Å². The van der Waals surface area contributed by atoms with Crippen LogP contribution in [-0.2, 0) is 41.6 Å². The van der Waals surface area contributed by atoms with Gasteiger partial charge >= 0.3 is 11.9 Å². The Balaban J connectivity index is 1.20. The normalized spacial score (nSPS) is 15.9. The van der Waals surface area contributed by atoms with Gasteiger partial charge in [-0.1, -0.05) is 6.07 Å². The van der Waals surface area contributed by atoms with Gasteiger partial charge in [0.2, 0.25) is 17.7 Å². The van der Waals surface area contributed by atoms with Crippen LogP contribution < -0.4 is 16.0 Å². The largest absolute Gasteiger partial charge is 0.462 e. The first kappa shape index (κ1) is 31.7. The Kier molecular flexibility index (Phi) is 9.54. The number of imide groups is 1. The molecule has 5 rings (SSSR count). The number of anilines is 3. The number of ether oxygens (including phenoxy) is 2. The number of esters is 2. The predicted molar refractivity (Wildman–Crippen MR) is 168 cm³/mol. The molecule has 45 heavy (non-hydrogen) atoms. The van der Waals surface area contributed by atoms with Crippen molar-refractivity contribution in [2.75, 3.05) is 35.7 Å². The van der Waals surface area contributed by atoms with Gasteiger partial charge in [-0.15, -0.1) is 23.1 Å². The Hall–Kier alpha value is -4.69. The van der Waals surface area contributed by atoms with Crippen LogP contribution in [0, 0.1) is 0 Å². The van der Waals surface area contributed by atoms with Crippen molar-refractivity contribution < 1.29 is 38.2 Å². The molecule has 2 aromatic carbocycles. The summed E-state index contributed by atoms with van der Waals surface area (Å²) in [5.41, 5.74) is 7.77. The molecular weight excluding hydrogens is 620 g/mol. The lowest BCUT2D eigenvalue weighted by molar-refractivity contribution is -0.129. The molecule has 2 aliphatic heterocycles. The third-order valence-electron chi connectivity index (χ3n) is 7.17. The molecule has 4 amide bonds. The second-order valence-corrected chi connectivity index (χ2v) is 12.6. The number of rotatable bonds is 9. The van der Waals surface area contributed by atoms with Crippen LogP contribution in [0.2, 0.25) is 0 Å². The molecule has 0 aliphatic carbocycles. The minimum atomic E-state index is -0.793. The van der Waals surface area contributed by atoms with E-state index in [1.54, 1.807) is 30.0 Å². The minimum absolute atomic E-state index is 0.0251. The molecule has 0 saturated carbocycles. The zero-order valence-electron chi connectivity index (χ0n) is 24.5. The summed E-state index contributed by atoms with van der Waals surface area (Å²) in [6, 6.07) is 12.8. The molecule has 1 aromatic heterocycles. The second kappa shape index (κ2) is 13.5. The molecule has 0 radical (unpaired) electrons. The number of fused-ring (bicyclic) bond motifs is 1. The van der Waals surface area contributed by atoms with Crippen LogP contribution in [0.1, 0.15) is 51.4 Å². The van der Waals surface area contributed by atoms with Crippen molar-refractivity contribution in [2.24, 2.45) is 0 Å². The fraction of sp³-hybridized carbons (Fsp3) is 0.290. The van der Waals surface area contributed by atoms with Crippen molar-refractivity contribution in [3.63, 3.8) is 0 Å². The summed E-state index contributed by atoms with van der Waals surface area (Å²) in [6.45, 7) is 3.43. The van der Waals surface area contributed by atoms with Gasteiger partial charge in [-0.25, -0.2) is 14.5 Å². The number of hydrogen-bond donors (Lipinski definition) is 2. The van der Waals surface area contributed by atoms with Gasteiger partial charge in [0.05, 0.1) is 35.2 Å². The Morgan fingerprint density at radius 3 is 2.51 bits per heavy atom. The molecule has 1 unspecified atom stereocenters. The number of hydrogen-bond acceptors (Lipinski definition) is 11. The average molecular weight is 651 g/mol. The number of carbonyl (C=O) groups excluding carboxylic acids is 6. The lowest BCUT2D eigenvalue weighted by Gasteiger charge is -2.25. The number of nitrogens with two attached hydrogens (primary N) is 1. The first-order chi connectivity index (χ1) is 21.5. The summed E-state index contributed by atoms with van der Waals surface area (Å²) in [7, 11) is 0. The third-order valence-corrected chi connectivity index (χ3v) is 9.48. The lowest BCUT2D eigenvalue weighted by Crippen LogP contribution is -2.34. The maximum atomic E-state index is 13.0. The van der Waals surface area contributed by atoms with Gasteiger partial charge in [0, 0.05) is 35.3 Å². The molecule has 234 valence electrons. The molecule has 3 heterocycles. The second-order valence-electron chi connectivity index (χ2n) is 10.2. The highest BCUT2D eigenvalue weighted by molar-refractivity contribution is 8.00. The molecule has 0 spiro atoms. The van der Waals surface area contributed by atoms with Gasteiger partial charge in [0.25, 0.3) is 5.91 Å². The summed E-state index contributed by atoms with van der Waals surface area (Å²) in [4.78, 5) is 80.1. The highest BCUT2D eigenvalue weighted by Gasteiger charge is 2.40. The van der Waals surface area contributed by atoms with Gasteiger partial charge in [0.1, 0.15) is 5.00 Å². The molecular formula is C31H30N4O8S2. The summed E-state index contributed by atoms with van der Waals surface area (Å²) >= 11 is 2.44. The van der Waals surface area contributed by atoms with Crippen molar-refractivity contribution in [1.82, 2.24) is 4.90 Å². The molecule has 3 aromatic rings. The van der Waals surface area contributed by atoms with E-state index in [4.69, 9.17) is 15.2 Å². The fourth-order valence-electron chi connectivity index (χ4n) is 5.02. The Labute approximate surface area is 266 Å². The van der Waals surface area contributed by atoms with E-state index in [0.29, 0.717) is 30.9 Å². The molecule has 2 aliphatic rings. The first-order valence-corrected chi connectivity index (χ1v) is 15.8. The summed E-state index contributed by atoms with van der Waals surface area (Å²) in [5.74, 6) is -2.86. The van der Waals surface area contributed by atoms with Crippen molar-refractivity contribution in [2.45, 2.75) is 43.4 Å². The van der Waals surface area contributed by atoms with Crippen LogP contribution in [0.4, 0.5) is 16.4 Å². The zero-order chi connectivity index (χ0) is 32.2. The van der Waals surface area contributed by atoms with Gasteiger partial charge < -0.3 is 25.4 Å². The number of thiophene rings is 1. The van der Waals surface area contributed by atoms with Gasteiger partial charge in [0.15, 0.2) is 6.61 Å². The van der Waals surface area contributed by atoms with E-state index in [9.17, 15) is 28.8 Å². The number of amides is 4. The fourth-order valence-corrected chi connectivity index (χ4v) is 7.41. The summed E-state index contributed by atoms with van der Waals surface area (Å²) in [6.07, 6.45) is 0.466. The van der Waals surface area contributed by atoms with Gasteiger partial charge in [-0.2, -0.15) is 0 Å². The maximum absolute atomic E-state index is 13.0. The van der Waals surface area contributed by atoms with Crippen LogP contribution >= 0.6 is 23.1 Å². The highest BCUT2D eigenvalue weighted by Crippen LogP contribution is 2.38. The highest BCUT2D eigenvalue weighted by atomic mass is 32.2. The number of nitrogen functional groups attached to an aromatic ring is 1. The van der Waals surface area contributed by atoms with Gasteiger partial charge in [-0.05, 0) is 61.4 Å². The number of benzene rings is 2. The number of nitrogens with zero attached hydrogens (tertiary/aromatic N) is 2. The first-order valence-electron chi connectivity index (χ1n) is 14.1. The summed E-state index contributed by atoms with van der Waals surface area (Å²) < 4.78 is 10.4. The number of thioether (sulfide) groups is 1. The van der Waals surface area contributed by atoms with E-state index in [-0.39, 0.29) is 46.9 Å². The van der Waals surface area contributed by atoms with E-state index in [0.717, 1.165) is 20.2 Å². The molecule has 1 atom stereocenters. The van der Waals surface area contributed by atoms with Crippen molar-refractivity contribution >= 4 is 75.0 Å². The van der Waals surface area contributed by atoms with Crippen molar-refractivity contribution in [3.8, 4) is 0 Å². The Morgan fingerprint density at radius 1 is 1.07 bits per heavy atom. The van der Waals surface area contributed by atoms with E-state index < -0.39 is 29.7 Å². The van der Waals surface area contributed by atoms with Crippen molar-refractivity contribution in [3.05, 3.63) is 70.1 Å². The minimum Gasteiger partial charge on any atom is -0.462 e. The third kappa shape index (κ3) is 7.02. The van der Waals surface area contributed by atoms with Crippen LogP contribution in [0.25, 0.3) is 0 Å². The molecule has 3 N–H and O–H groups in total. The van der Waals surface area contributed by atoms with Gasteiger partial charge in [-0.3, -0.25) is 19.2 Å². The molecule has 0 bridgehead atoms. The zero-order valence-corrected chi connectivity index (χ0v) is 26.1. The number of carbonyl (C=O) groups is 6. The van der Waals surface area contributed by atoms with E-state index in [1.807, 2.05) is 6.07 Å². The maximum Gasteiger partial charge on any atom is 0.341 e. The topological polar surface area (TPSA) is 165 Å². The monoisotopic (exact) mass is 650 g/mol. The summed E-state index contributed by atoms with van der Waals surface area (Å²) in [5, 5.41) is 2.31. The number of nitrogens with one attached hydrogen (secondary N) is 1. The Morgan fingerprint density at radius 2 is 1.82 bits per heavy atom. The average Bonchev–Trinajstić information content (AvgIpc) is 3.50. The van der Waals surface area contributed by atoms with Crippen LogP contribution in [0.3, 0.4) is 0 Å². The van der Waals surface area contributed by atoms with Crippen molar-refractivity contribution in [1.29, 1.82) is 0 Å². The van der Waals surface area contributed by atoms with Crippen LogP contribution in [0.15, 0.2) is 53.4 Å². The van der Waals surface area contributed by atoms with E-state index >= 15 is 0 Å². The standard InChI is InChI=1S/C31H30N4O8S2/c1-3-42-31(41)27-22-11-12-34(17(2)36)15-24(22)45-28(27)33-25(37)16-43-30(40)18-7-9-20(10-8-18)35-26(38)14-23(29(35)39)44-21-6-4-5-19(32)13-21/h4-10,13,23H,3,11-12,14-16,32H2,1-2H3,(H,33,37). The van der Waals surface area contributed by atoms with E-state index in [1.165, 1.54) is 54.3 Å². The predicted octanol–water partition coefficient (Wildman–Crippen LogP) is 3.63. The molecule has 12 nitrogen and oxygen atoms in total. The Bertz CT molecular complexity index is 1690. The quantitative estimate of drug-likeness (QED) is 0.198. The SMILES string of the molecule is CCOC(=O)c1c(NC(=O)COC(=O)c2ccc(N3C(=O)CC(Sc4cccc(N)c4)C3=O)cc2)sc2c1CCN(C(C)=O)C2.